The van der Waals surface area contributed by atoms with E-state index in [0.29, 0.717) is 74.9 Å². The second kappa shape index (κ2) is 11.7. The van der Waals surface area contributed by atoms with Crippen molar-refractivity contribution in [3.8, 4) is 0 Å². The molecule has 3 aromatic carbocycles. The van der Waals surface area contributed by atoms with Crippen LogP contribution < -0.4 is 10.2 Å². The van der Waals surface area contributed by atoms with E-state index < -0.39 is 5.82 Å². The van der Waals surface area contributed by atoms with E-state index in [1.165, 1.54) is 18.2 Å². The van der Waals surface area contributed by atoms with Crippen LogP contribution in [0.5, 0.6) is 0 Å². The van der Waals surface area contributed by atoms with Crippen molar-refractivity contribution in [2.24, 2.45) is 0 Å². The number of halogens is 1. The fraction of sp³-hybridized carbons (Fsp3) is 0.300. The van der Waals surface area contributed by atoms with Crippen molar-refractivity contribution in [3.05, 3.63) is 94.8 Å². The van der Waals surface area contributed by atoms with E-state index in [9.17, 15) is 18.8 Å². The van der Waals surface area contributed by atoms with Gasteiger partial charge >= 0.3 is 0 Å². The number of hydrogen-bond donors (Lipinski definition) is 1. The molecule has 0 aromatic heterocycles. The number of hydrogen-bond acceptors (Lipinski definition) is 5. The average molecular weight is 531 g/mol. The van der Waals surface area contributed by atoms with Gasteiger partial charge in [0.25, 0.3) is 17.7 Å². The normalized spacial score (nSPS) is 15.7. The van der Waals surface area contributed by atoms with E-state index in [-0.39, 0.29) is 17.7 Å². The number of carbonyl (C=O) groups excluding carboxylic acids is 3. The number of benzene rings is 3. The molecule has 2 fully saturated rings. The second-order valence-electron chi connectivity index (χ2n) is 9.75. The van der Waals surface area contributed by atoms with Crippen molar-refractivity contribution in [2.75, 3.05) is 62.7 Å². The number of carbonyl (C=O) groups is 3. The van der Waals surface area contributed by atoms with Crippen LogP contribution in [0.4, 0.5) is 15.8 Å². The van der Waals surface area contributed by atoms with E-state index in [4.69, 9.17) is 4.74 Å². The predicted octanol–water partition coefficient (Wildman–Crippen LogP) is 3.82. The number of amides is 3. The van der Waals surface area contributed by atoms with Gasteiger partial charge in [-0.05, 0) is 55.5 Å². The van der Waals surface area contributed by atoms with Crippen molar-refractivity contribution < 1.29 is 23.5 Å². The van der Waals surface area contributed by atoms with Crippen molar-refractivity contribution in [1.29, 1.82) is 0 Å². The number of aryl methyl sites for hydroxylation is 1. The van der Waals surface area contributed by atoms with Crippen molar-refractivity contribution in [1.82, 2.24) is 9.80 Å². The standard InChI is InChI=1S/C30H31FN4O4/c1-21-5-7-22(8-6-21)28(36)32-25-9-10-27(26(20-25)30(38)35-15-17-39-18-16-35)33-11-13-34(14-12-33)29(37)23-3-2-4-24(31)19-23/h2-10,19-20H,11-18H2,1H3,(H,32,36). The molecular formula is C30H31FN4O4. The fourth-order valence-corrected chi connectivity index (χ4v) is 4.86. The van der Waals surface area contributed by atoms with E-state index in [1.54, 1.807) is 40.1 Å². The molecule has 0 unspecified atom stereocenters. The van der Waals surface area contributed by atoms with E-state index in [1.807, 2.05) is 25.1 Å². The fourth-order valence-electron chi connectivity index (χ4n) is 4.86. The van der Waals surface area contributed by atoms with Gasteiger partial charge in [-0.15, -0.1) is 0 Å². The van der Waals surface area contributed by atoms with Crippen LogP contribution >= 0.6 is 0 Å². The number of rotatable bonds is 5. The third kappa shape index (κ3) is 6.09. The van der Waals surface area contributed by atoms with Gasteiger partial charge in [-0.1, -0.05) is 23.8 Å². The third-order valence-electron chi connectivity index (χ3n) is 7.08. The van der Waals surface area contributed by atoms with Crippen LogP contribution in [0.15, 0.2) is 66.7 Å². The lowest BCUT2D eigenvalue weighted by molar-refractivity contribution is 0.0303. The molecule has 3 amide bonds. The van der Waals surface area contributed by atoms with E-state index in [0.717, 1.165) is 11.3 Å². The summed E-state index contributed by atoms with van der Waals surface area (Å²) in [5.41, 5.74) is 3.68. The Morgan fingerprint density at radius 1 is 0.769 bits per heavy atom. The van der Waals surface area contributed by atoms with Gasteiger partial charge in [0.05, 0.1) is 18.8 Å². The molecular weight excluding hydrogens is 499 g/mol. The van der Waals surface area contributed by atoms with E-state index >= 15 is 0 Å². The van der Waals surface area contributed by atoms with E-state index in [2.05, 4.69) is 10.2 Å². The van der Waals surface area contributed by atoms with Gasteiger partial charge in [-0.25, -0.2) is 4.39 Å². The van der Waals surface area contributed by atoms with Crippen LogP contribution in [0.2, 0.25) is 0 Å². The Balaban J connectivity index is 1.35. The lowest BCUT2D eigenvalue weighted by atomic mass is 10.1. The molecule has 2 saturated heterocycles. The smallest absolute Gasteiger partial charge is 0.256 e. The summed E-state index contributed by atoms with van der Waals surface area (Å²) in [5, 5.41) is 2.91. The first-order valence-electron chi connectivity index (χ1n) is 13.1. The molecule has 5 rings (SSSR count). The summed E-state index contributed by atoms with van der Waals surface area (Å²) in [4.78, 5) is 44.9. The highest BCUT2D eigenvalue weighted by molar-refractivity contribution is 6.06. The van der Waals surface area contributed by atoms with Gasteiger partial charge in [0.15, 0.2) is 0 Å². The van der Waals surface area contributed by atoms with Crippen molar-refractivity contribution in [3.63, 3.8) is 0 Å². The molecule has 0 bridgehead atoms. The molecule has 3 aromatic rings. The van der Waals surface area contributed by atoms with Gasteiger partial charge in [0, 0.05) is 61.8 Å². The van der Waals surface area contributed by atoms with Gasteiger partial charge in [0.2, 0.25) is 0 Å². The molecule has 8 nitrogen and oxygen atoms in total. The van der Waals surface area contributed by atoms with Gasteiger partial charge in [-0.2, -0.15) is 0 Å². The third-order valence-corrected chi connectivity index (χ3v) is 7.08. The molecule has 2 aliphatic rings. The summed E-state index contributed by atoms with van der Waals surface area (Å²) in [6.45, 7) is 5.80. The Hall–Kier alpha value is -4.24. The Kier molecular flexibility index (Phi) is 7.88. The minimum absolute atomic E-state index is 0.127. The van der Waals surface area contributed by atoms with Crippen LogP contribution in [0.1, 0.15) is 36.6 Å². The summed E-state index contributed by atoms with van der Waals surface area (Å²) in [6.07, 6.45) is 0. The zero-order valence-electron chi connectivity index (χ0n) is 21.9. The van der Waals surface area contributed by atoms with Gasteiger partial charge in [0.1, 0.15) is 5.82 Å². The molecule has 1 N–H and O–H groups in total. The van der Waals surface area contributed by atoms with Crippen LogP contribution in [-0.4, -0.2) is 80.0 Å². The second-order valence-corrected chi connectivity index (χ2v) is 9.75. The monoisotopic (exact) mass is 530 g/mol. The minimum Gasteiger partial charge on any atom is -0.378 e. The van der Waals surface area contributed by atoms with Crippen LogP contribution in [0.25, 0.3) is 0 Å². The highest BCUT2D eigenvalue weighted by Crippen LogP contribution is 2.28. The number of morpholine rings is 1. The molecule has 0 spiro atoms. The highest BCUT2D eigenvalue weighted by atomic mass is 19.1. The van der Waals surface area contributed by atoms with Crippen LogP contribution in [0, 0.1) is 12.7 Å². The Bertz CT molecular complexity index is 1360. The zero-order valence-corrected chi connectivity index (χ0v) is 21.9. The number of nitrogens with one attached hydrogen (secondary N) is 1. The molecule has 0 atom stereocenters. The van der Waals surface area contributed by atoms with Crippen LogP contribution in [0.3, 0.4) is 0 Å². The molecule has 0 aliphatic carbocycles. The zero-order chi connectivity index (χ0) is 27.4. The first-order valence-corrected chi connectivity index (χ1v) is 13.1. The summed E-state index contributed by atoms with van der Waals surface area (Å²) in [6, 6.07) is 18.4. The maximum absolute atomic E-state index is 13.6. The molecule has 2 aliphatic heterocycles. The molecule has 39 heavy (non-hydrogen) atoms. The maximum atomic E-state index is 13.6. The SMILES string of the molecule is Cc1ccc(C(=O)Nc2ccc(N3CCN(C(=O)c4cccc(F)c4)CC3)c(C(=O)N3CCOCC3)c2)cc1. The number of ether oxygens (including phenoxy) is 1. The largest absolute Gasteiger partial charge is 0.378 e. The summed E-state index contributed by atoms with van der Waals surface area (Å²) >= 11 is 0. The van der Waals surface area contributed by atoms with Crippen molar-refractivity contribution in [2.45, 2.75) is 6.92 Å². The molecule has 2 heterocycles. The predicted molar refractivity (Wildman–Crippen MR) is 147 cm³/mol. The first-order chi connectivity index (χ1) is 18.9. The number of piperazine rings is 1. The Morgan fingerprint density at radius 3 is 2.15 bits per heavy atom. The van der Waals surface area contributed by atoms with Gasteiger partial charge in [-0.3, -0.25) is 14.4 Å². The molecule has 9 heteroatoms. The summed E-state index contributed by atoms with van der Waals surface area (Å²) in [5.74, 6) is -1.04. The van der Waals surface area contributed by atoms with Crippen molar-refractivity contribution >= 4 is 29.1 Å². The topological polar surface area (TPSA) is 82.2 Å². The minimum atomic E-state index is -0.444. The highest BCUT2D eigenvalue weighted by Gasteiger charge is 2.28. The molecule has 0 saturated carbocycles. The first kappa shape index (κ1) is 26.4. The lowest BCUT2D eigenvalue weighted by Gasteiger charge is -2.37. The number of anilines is 2. The van der Waals surface area contributed by atoms with Gasteiger partial charge < -0.3 is 24.8 Å². The molecule has 202 valence electrons. The Morgan fingerprint density at radius 2 is 1.46 bits per heavy atom. The van der Waals surface area contributed by atoms with Crippen LogP contribution in [-0.2, 0) is 4.74 Å². The maximum Gasteiger partial charge on any atom is 0.256 e. The lowest BCUT2D eigenvalue weighted by Crippen LogP contribution is -2.49. The number of nitrogens with zero attached hydrogens (tertiary/aromatic N) is 3. The summed E-state index contributed by atoms with van der Waals surface area (Å²) in [7, 11) is 0. The average Bonchev–Trinajstić information content (AvgIpc) is 2.97. The summed E-state index contributed by atoms with van der Waals surface area (Å²) < 4.78 is 19.0. The Labute approximate surface area is 227 Å². The molecule has 0 radical (unpaired) electrons. The quantitative estimate of drug-likeness (QED) is 0.543.